The lowest BCUT2D eigenvalue weighted by molar-refractivity contribution is 0.381. The molecule has 0 saturated heterocycles. The van der Waals surface area contributed by atoms with Gasteiger partial charge in [0.2, 0.25) is 10.0 Å². The van der Waals surface area contributed by atoms with Gasteiger partial charge in [0.1, 0.15) is 15.8 Å². The highest BCUT2D eigenvalue weighted by Crippen LogP contribution is 2.30. The molecular weight excluding hydrogens is 312 g/mol. The van der Waals surface area contributed by atoms with Gasteiger partial charge in [-0.2, -0.15) is 4.31 Å². The van der Waals surface area contributed by atoms with E-state index in [2.05, 4.69) is 4.98 Å². The molecular formula is C14H15ClN2O3S. The molecule has 1 aromatic carbocycles. The Labute approximate surface area is 128 Å². The lowest BCUT2D eigenvalue weighted by Crippen LogP contribution is -2.30. The summed E-state index contributed by atoms with van der Waals surface area (Å²) in [7, 11) is -2.26. The minimum atomic E-state index is -3.72. The summed E-state index contributed by atoms with van der Waals surface area (Å²) in [5, 5.41) is 10.1. The number of phenols is 1. The summed E-state index contributed by atoms with van der Waals surface area (Å²) in [6.45, 7) is 1.70. The second-order valence-corrected chi connectivity index (χ2v) is 6.96. The molecule has 1 atom stereocenters. The zero-order valence-corrected chi connectivity index (χ0v) is 13.1. The van der Waals surface area contributed by atoms with Crippen molar-refractivity contribution < 1.29 is 13.5 Å². The van der Waals surface area contributed by atoms with Gasteiger partial charge in [-0.25, -0.2) is 13.4 Å². The Morgan fingerprint density at radius 3 is 2.48 bits per heavy atom. The van der Waals surface area contributed by atoms with Gasteiger partial charge in [0.05, 0.1) is 6.04 Å². The van der Waals surface area contributed by atoms with E-state index in [1.54, 1.807) is 25.1 Å². The van der Waals surface area contributed by atoms with E-state index in [9.17, 15) is 13.5 Å². The number of halogens is 1. The molecule has 0 bridgehead atoms. The summed E-state index contributed by atoms with van der Waals surface area (Å²) in [5.74, 6) is 0.0567. The normalized spacial score (nSPS) is 13.3. The number of phenolic OH excluding ortho intramolecular Hbond substituents is 1. The van der Waals surface area contributed by atoms with Crippen LogP contribution in [0.5, 0.6) is 5.75 Å². The van der Waals surface area contributed by atoms with Crippen LogP contribution in [-0.2, 0) is 10.0 Å². The molecule has 0 aliphatic heterocycles. The molecule has 0 radical (unpaired) electrons. The minimum Gasteiger partial charge on any atom is -0.508 e. The summed E-state index contributed by atoms with van der Waals surface area (Å²) in [4.78, 5) is 3.84. The number of hydrogen-bond acceptors (Lipinski definition) is 4. The largest absolute Gasteiger partial charge is 0.508 e. The van der Waals surface area contributed by atoms with Crippen molar-refractivity contribution in [3.05, 3.63) is 53.3 Å². The fourth-order valence-corrected chi connectivity index (χ4v) is 3.33. The van der Waals surface area contributed by atoms with Crippen LogP contribution in [0, 0.1) is 0 Å². The number of para-hydroxylation sites is 1. The smallest absolute Gasteiger partial charge is 0.244 e. The number of hydrogen-bond donors (Lipinski definition) is 1. The van der Waals surface area contributed by atoms with Crippen LogP contribution in [0.3, 0.4) is 0 Å². The number of aromatic hydroxyl groups is 1. The van der Waals surface area contributed by atoms with E-state index in [4.69, 9.17) is 11.6 Å². The van der Waals surface area contributed by atoms with Crippen molar-refractivity contribution in [3.8, 4) is 5.75 Å². The minimum absolute atomic E-state index is 0.0525. The van der Waals surface area contributed by atoms with Gasteiger partial charge in [-0.1, -0.05) is 29.8 Å². The highest BCUT2D eigenvalue weighted by Gasteiger charge is 2.27. The van der Waals surface area contributed by atoms with E-state index in [1.807, 2.05) is 0 Å². The van der Waals surface area contributed by atoms with Gasteiger partial charge < -0.3 is 5.11 Å². The Balaban J connectivity index is 2.36. The molecule has 1 N–H and O–H groups in total. The molecule has 2 rings (SSSR count). The van der Waals surface area contributed by atoms with Crippen LogP contribution in [0.25, 0.3) is 0 Å². The van der Waals surface area contributed by atoms with Gasteiger partial charge in [0.25, 0.3) is 0 Å². The van der Waals surface area contributed by atoms with Crippen molar-refractivity contribution in [2.24, 2.45) is 0 Å². The summed E-state index contributed by atoms with van der Waals surface area (Å²) in [6.07, 6.45) is 1.21. The van der Waals surface area contributed by atoms with Gasteiger partial charge in [-0.3, -0.25) is 0 Å². The quantitative estimate of drug-likeness (QED) is 0.877. The summed E-state index contributed by atoms with van der Waals surface area (Å²) in [5.41, 5.74) is 0.533. The lowest BCUT2D eigenvalue weighted by atomic mass is 10.1. The molecule has 1 unspecified atom stereocenters. The van der Waals surface area contributed by atoms with E-state index in [0.717, 1.165) is 0 Å². The molecule has 1 aromatic heterocycles. The maximum absolute atomic E-state index is 12.5. The molecule has 21 heavy (non-hydrogen) atoms. The Morgan fingerprint density at radius 1 is 1.24 bits per heavy atom. The van der Waals surface area contributed by atoms with Gasteiger partial charge in [0.15, 0.2) is 0 Å². The number of aromatic nitrogens is 1. The van der Waals surface area contributed by atoms with Crippen molar-refractivity contribution >= 4 is 21.6 Å². The van der Waals surface area contributed by atoms with Gasteiger partial charge in [-0.15, -0.1) is 0 Å². The van der Waals surface area contributed by atoms with Crippen LogP contribution >= 0.6 is 11.6 Å². The molecule has 0 amide bonds. The van der Waals surface area contributed by atoms with Crippen LogP contribution in [0.15, 0.2) is 47.5 Å². The lowest BCUT2D eigenvalue weighted by Gasteiger charge is -2.25. The number of rotatable bonds is 4. The first kappa shape index (κ1) is 15.8. The first-order chi connectivity index (χ1) is 9.84. The summed E-state index contributed by atoms with van der Waals surface area (Å²) >= 11 is 5.67. The third-order valence-electron chi connectivity index (χ3n) is 3.31. The summed E-state index contributed by atoms with van der Waals surface area (Å²) < 4.78 is 26.2. The third kappa shape index (κ3) is 3.18. The monoisotopic (exact) mass is 326 g/mol. The zero-order valence-electron chi connectivity index (χ0n) is 11.6. The average molecular weight is 327 g/mol. The summed E-state index contributed by atoms with van der Waals surface area (Å²) in [6, 6.07) is 8.94. The van der Waals surface area contributed by atoms with E-state index >= 15 is 0 Å². The molecule has 0 aliphatic rings. The Hall–Kier alpha value is -1.63. The first-order valence-corrected chi connectivity index (χ1v) is 8.03. The fourth-order valence-electron chi connectivity index (χ4n) is 1.93. The van der Waals surface area contributed by atoms with Gasteiger partial charge in [0, 0.05) is 18.8 Å². The average Bonchev–Trinajstić information content (AvgIpc) is 2.46. The predicted molar refractivity (Wildman–Crippen MR) is 80.7 cm³/mol. The maximum atomic E-state index is 12.5. The second kappa shape index (κ2) is 6.01. The number of sulfonamides is 1. The van der Waals surface area contributed by atoms with Crippen molar-refractivity contribution in [1.82, 2.24) is 9.29 Å². The number of nitrogens with zero attached hydrogens (tertiary/aromatic N) is 2. The fraction of sp³-hybridized carbons (Fsp3) is 0.214. The molecule has 5 nitrogen and oxygen atoms in total. The number of benzene rings is 1. The van der Waals surface area contributed by atoms with Crippen molar-refractivity contribution in [3.63, 3.8) is 0 Å². The maximum Gasteiger partial charge on any atom is 0.244 e. The van der Waals surface area contributed by atoms with Crippen LogP contribution in [0.1, 0.15) is 18.5 Å². The molecule has 1 heterocycles. The van der Waals surface area contributed by atoms with E-state index in [-0.39, 0.29) is 15.8 Å². The Kier molecular flexibility index (Phi) is 4.51. The van der Waals surface area contributed by atoms with Crippen LogP contribution in [-0.4, -0.2) is 29.9 Å². The predicted octanol–water partition coefficient (Wildman–Crippen LogP) is 2.82. The van der Waals surface area contributed by atoms with Gasteiger partial charge in [-0.05, 0) is 25.1 Å². The van der Waals surface area contributed by atoms with Crippen LogP contribution in [0.2, 0.25) is 5.15 Å². The zero-order chi connectivity index (χ0) is 15.6. The molecule has 0 fully saturated rings. The van der Waals surface area contributed by atoms with Crippen molar-refractivity contribution in [1.29, 1.82) is 0 Å². The molecule has 112 valence electrons. The van der Waals surface area contributed by atoms with Crippen LogP contribution < -0.4 is 0 Å². The third-order valence-corrected chi connectivity index (χ3v) is 5.44. The molecule has 2 aromatic rings. The highest BCUT2D eigenvalue weighted by atomic mass is 35.5. The standard InChI is InChI=1S/C14H15ClN2O3S/c1-10(12-5-3-4-6-13(12)18)17(2)21(19,20)11-7-8-14(15)16-9-11/h3-10,18H,1-2H3. The van der Waals surface area contributed by atoms with Crippen molar-refractivity contribution in [2.45, 2.75) is 17.9 Å². The molecule has 7 heteroatoms. The molecule has 0 aliphatic carbocycles. The SMILES string of the molecule is CC(c1ccccc1O)N(C)S(=O)(=O)c1ccc(Cl)nc1. The topological polar surface area (TPSA) is 70.5 Å². The Bertz CT molecular complexity index is 732. The van der Waals surface area contributed by atoms with Gasteiger partial charge >= 0.3 is 0 Å². The van der Waals surface area contributed by atoms with E-state index < -0.39 is 16.1 Å². The highest BCUT2D eigenvalue weighted by molar-refractivity contribution is 7.89. The van der Waals surface area contributed by atoms with Crippen LogP contribution in [0.4, 0.5) is 0 Å². The molecule has 0 saturated carbocycles. The Morgan fingerprint density at radius 2 is 1.90 bits per heavy atom. The second-order valence-electron chi connectivity index (χ2n) is 4.57. The molecule has 0 spiro atoms. The first-order valence-electron chi connectivity index (χ1n) is 6.21. The van der Waals surface area contributed by atoms with E-state index in [0.29, 0.717) is 5.56 Å². The van der Waals surface area contributed by atoms with E-state index in [1.165, 1.54) is 35.7 Å². The number of pyridine rings is 1. The van der Waals surface area contributed by atoms with Crippen molar-refractivity contribution in [2.75, 3.05) is 7.05 Å².